The Balaban J connectivity index is 2.07. The Morgan fingerprint density at radius 2 is 2.21 bits per heavy atom. The van der Waals surface area contributed by atoms with Gasteiger partial charge in [-0.15, -0.1) is 0 Å². The summed E-state index contributed by atoms with van der Waals surface area (Å²) in [5.74, 6) is -0.621. The number of methoxy groups -OCH3 is 1. The first-order chi connectivity index (χ1) is 9.00. The van der Waals surface area contributed by atoms with E-state index in [0.29, 0.717) is 24.2 Å². The molecule has 0 spiro atoms. The molecule has 1 saturated heterocycles. The molecule has 0 unspecified atom stereocenters. The maximum absolute atomic E-state index is 11.9. The van der Waals surface area contributed by atoms with E-state index in [1.165, 1.54) is 13.2 Å². The highest BCUT2D eigenvalue weighted by Gasteiger charge is 2.23. The molecule has 0 aromatic heterocycles. The average molecular weight is 284 g/mol. The van der Waals surface area contributed by atoms with Gasteiger partial charge in [-0.3, -0.25) is 0 Å². The summed E-state index contributed by atoms with van der Waals surface area (Å²) in [5, 5.41) is 2.99. The molecule has 0 atom stereocenters. The summed E-state index contributed by atoms with van der Waals surface area (Å²) in [6.07, 6.45) is 0. The smallest absolute Gasteiger partial charge is 0.337 e. The van der Waals surface area contributed by atoms with Gasteiger partial charge in [-0.2, -0.15) is 0 Å². The summed E-state index contributed by atoms with van der Waals surface area (Å²) < 4.78 is 31.0. The van der Waals surface area contributed by atoms with Crippen molar-refractivity contribution < 1.29 is 17.9 Å². The van der Waals surface area contributed by atoms with Gasteiger partial charge in [0.15, 0.2) is 0 Å². The van der Waals surface area contributed by atoms with Gasteiger partial charge in [0, 0.05) is 19.1 Å². The Bertz CT molecular complexity index is 567. The van der Waals surface area contributed by atoms with E-state index >= 15 is 0 Å². The van der Waals surface area contributed by atoms with Crippen LogP contribution in [0.25, 0.3) is 0 Å². The average Bonchev–Trinajstić information content (AvgIpc) is 2.33. The molecule has 7 heteroatoms. The molecule has 104 valence electrons. The fraction of sp³-hybridized carbons (Fsp3) is 0.417. The quantitative estimate of drug-likeness (QED) is 0.736. The van der Waals surface area contributed by atoms with Crippen LogP contribution < -0.4 is 10.0 Å². The molecule has 0 amide bonds. The van der Waals surface area contributed by atoms with Crippen molar-refractivity contribution >= 4 is 16.0 Å². The van der Waals surface area contributed by atoms with E-state index in [9.17, 15) is 13.2 Å². The van der Waals surface area contributed by atoms with Crippen LogP contribution in [-0.2, 0) is 20.5 Å². The molecule has 1 heterocycles. The van der Waals surface area contributed by atoms with Gasteiger partial charge in [-0.25, -0.2) is 17.9 Å². The Hall–Kier alpha value is -1.44. The van der Waals surface area contributed by atoms with Crippen LogP contribution in [0, 0.1) is 0 Å². The number of benzene rings is 1. The minimum atomic E-state index is -3.39. The van der Waals surface area contributed by atoms with Crippen LogP contribution in [-0.4, -0.2) is 40.6 Å². The van der Waals surface area contributed by atoms with Crippen LogP contribution in [0.2, 0.25) is 0 Å². The van der Waals surface area contributed by atoms with Crippen molar-refractivity contribution in [2.24, 2.45) is 0 Å². The van der Waals surface area contributed by atoms with E-state index in [-0.39, 0.29) is 11.8 Å². The van der Waals surface area contributed by atoms with E-state index in [0.717, 1.165) is 0 Å². The van der Waals surface area contributed by atoms with Crippen molar-refractivity contribution in [2.45, 2.75) is 11.8 Å². The van der Waals surface area contributed by atoms with Crippen molar-refractivity contribution in [1.82, 2.24) is 10.0 Å². The van der Waals surface area contributed by atoms with E-state index in [1.54, 1.807) is 18.2 Å². The van der Waals surface area contributed by atoms with Gasteiger partial charge in [0.1, 0.15) is 0 Å². The summed E-state index contributed by atoms with van der Waals surface area (Å²) >= 11 is 0. The molecule has 0 saturated carbocycles. The first kappa shape index (κ1) is 14.0. The van der Waals surface area contributed by atoms with Crippen LogP contribution in [0.3, 0.4) is 0 Å². The molecule has 6 nitrogen and oxygen atoms in total. The second kappa shape index (κ2) is 5.68. The zero-order valence-electron chi connectivity index (χ0n) is 10.5. The predicted octanol–water partition coefficient (Wildman–Crippen LogP) is -0.136. The number of hydrogen-bond acceptors (Lipinski definition) is 5. The first-order valence-electron chi connectivity index (χ1n) is 5.88. The number of rotatable bonds is 5. The van der Waals surface area contributed by atoms with E-state index in [1.807, 2.05) is 0 Å². The third-order valence-electron chi connectivity index (χ3n) is 2.83. The monoisotopic (exact) mass is 284 g/mol. The van der Waals surface area contributed by atoms with Gasteiger partial charge in [0.2, 0.25) is 10.0 Å². The summed E-state index contributed by atoms with van der Waals surface area (Å²) in [5.41, 5.74) is 0.906. The molecule has 0 bridgehead atoms. The maximum Gasteiger partial charge on any atom is 0.337 e. The van der Waals surface area contributed by atoms with Crippen molar-refractivity contribution in [3.8, 4) is 0 Å². The van der Waals surface area contributed by atoms with Crippen LogP contribution in [0.5, 0.6) is 0 Å². The largest absolute Gasteiger partial charge is 0.465 e. The maximum atomic E-state index is 11.9. The number of esters is 1. The molecule has 2 N–H and O–H groups in total. The van der Waals surface area contributed by atoms with Crippen LogP contribution in [0.1, 0.15) is 15.9 Å². The Labute approximate surface area is 112 Å². The Morgan fingerprint density at radius 1 is 1.47 bits per heavy atom. The number of nitrogens with one attached hydrogen (secondary N) is 2. The van der Waals surface area contributed by atoms with Gasteiger partial charge in [-0.05, 0) is 17.7 Å². The van der Waals surface area contributed by atoms with Crippen molar-refractivity contribution in [3.63, 3.8) is 0 Å². The topological polar surface area (TPSA) is 84.5 Å². The summed E-state index contributed by atoms with van der Waals surface area (Å²) in [7, 11) is -2.10. The third kappa shape index (κ3) is 3.76. The molecule has 1 aromatic carbocycles. The summed E-state index contributed by atoms with van der Waals surface area (Å²) in [6.45, 7) is 1.31. The van der Waals surface area contributed by atoms with Gasteiger partial charge < -0.3 is 10.1 Å². The number of carbonyl (C=O) groups excluding carboxylic acids is 1. The summed E-state index contributed by atoms with van der Waals surface area (Å²) in [6, 6.07) is 6.40. The zero-order valence-corrected chi connectivity index (χ0v) is 11.4. The summed E-state index contributed by atoms with van der Waals surface area (Å²) in [4.78, 5) is 11.4. The second-order valence-corrected chi connectivity index (χ2v) is 6.18. The van der Waals surface area contributed by atoms with Gasteiger partial charge in [-0.1, -0.05) is 12.1 Å². The van der Waals surface area contributed by atoms with E-state index in [4.69, 9.17) is 0 Å². The van der Waals surface area contributed by atoms with Crippen LogP contribution >= 0.6 is 0 Å². The lowest BCUT2D eigenvalue weighted by molar-refractivity contribution is 0.0600. The lowest BCUT2D eigenvalue weighted by Crippen LogP contribution is -2.56. The molecule has 19 heavy (non-hydrogen) atoms. The molecule has 1 fully saturated rings. The molecular weight excluding hydrogens is 268 g/mol. The van der Waals surface area contributed by atoms with Gasteiger partial charge >= 0.3 is 5.97 Å². The highest BCUT2D eigenvalue weighted by molar-refractivity contribution is 7.88. The third-order valence-corrected chi connectivity index (χ3v) is 4.24. The van der Waals surface area contributed by atoms with Crippen molar-refractivity contribution in [1.29, 1.82) is 0 Å². The van der Waals surface area contributed by atoms with Crippen LogP contribution in [0.15, 0.2) is 24.3 Å². The fourth-order valence-corrected chi connectivity index (χ4v) is 3.17. The minimum absolute atomic E-state index is 0.0335. The molecule has 1 aromatic rings. The number of carbonyl (C=O) groups is 1. The highest BCUT2D eigenvalue weighted by Crippen LogP contribution is 2.10. The van der Waals surface area contributed by atoms with Gasteiger partial charge in [0.25, 0.3) is 0 Å². The number of ether oxygens (including phenoxy) is 1. The highest BCUT2D eigenvalue weighted by atomic mass is 32.2. The van der Waals surface area contributed by atoms with Gasteiger partial charge in [0.05, 0.1) is 18.4 Å². The predicted molar refractivity (Wildman–Crippen MR) is 70.2 cm³/mol. The lowest BCUT2D eigenvalue weighted by atomic mass is 10.1. The normalized spacial score (nSPS) is 15.8. The fourth-order valence-electron chi connectivity index (χ4n) is 1.79. The minimum Gasteiger partial charge on any atom is -0.465 e. The lowest BCUT2D eigenvalue weighted by Gasteiger charge is -2.27. The van der Waals surface area contributed by atoms with Crippen molar-refractivity contribution in [2.75, 3.05) is 20.2 Å². The van der Waals surface area contributed by atoms with E-state index < -0.39 is 16.0 Å². The molecule has 1 aliphatic rings. The first-order valence-corrected chi connectivity index (χ1v) is 7.53. The number of hydrogen-bond donors (Lipinski definition) is 2. The Kier molecular flexibility index (Phi) is 4.18. The Morgan fingerprint density at radius 3 is 2.79 bits per heavy atom. The molecular formula is C12H16N2O4S. The molecule has 0 aliphatic carbocycles. The van der Waals surface area contributed by atoms with Crippen LogP contribution in [0.4, 0.5) is 0 Å². The molecule has 2 rings (SSSR count). The second-order valence-electron chi connectivity index (χ2n) is 4.42. The van der Waals surface area contributed by atoms with Crippen molar-refractivity contribution in [3.05, 3.63) is 35.4 Å². The molecule has 1 aliphatic heterocycles. The van der Waals surface area contributed by atoms with E-state index in [2.05, 4.69) is 14.8 Å². The standard InChI is InChI=1S/C12H16N2O4S/c1-18-12(15)10-4-2-3-9(5-10)8-19(16,17)14-11-6-13-7-11/h2-5,11,13-14H,6-8H2,1H3. The zero-order chi connectivity index (χ0) is 13.9. The SMILES string of the molecule is COC(=O)c1cccc(CS(=O)(=O)NC2CNC2)c1. The number of sulfonamides is 1. The molecule has 0 radical (unpaired) electrons.